The molecule has 0 heterocycles. The second-order valence-corrected chi connectivity index (χ2v) is 9.18. The molecule has 0 aromatic heterocycles. The highest BCUT2D eigenvalue weighted by Crippen LogP contribution is 2.11. The minimum atomic E-state index is -1.55. The van der Waals surface area contributed by atoms with Crippen molar-refractivity contribution in [3.63, 3.8) is 0 Å². The molecule has 0 saturated heterocycles. The third-order valence-electron chi connectivity index (χ3n) is 5.48. The summed E-state index contributed by atoms with van der Waals surface area (Å²) in [5.74, 6) is -3.62. The van der Waals surface area contributed by atoms with Crippen LogP contribution in [0.2, 0.25) is 0 Å². The zero-order valence-corrected chi connectivity index (χ0v) is 21.3. The number of aliphatic hydroxyl groups excluding tert-OH is 1. The number of amides is 3. The summed E-state index contributed by atoms with van der Waals surface area (Å²) < 4.78 is 0. The van der Waals surface area contributed by atoms with Crippen LogP contribution in [0.5, 0.6) is 0 Å². The Kier molecular flexibility index (Phi) is 14.5. The Balaban J connectivity index is 5.65. The lowest BCUT2D eigenvalue weighted by molar-refractivity contribution is -0.145. The zero-order valence-electron chi connectivity index (χ0n) is 21.3. The van der Waals surface area contributed by atoms with Gasteiger partial charge >= 0.3 is 5.97 Å². The number of carboxylic acids is 1. The summed E-state index contributed by atoms with van der Waals surface area (Å²) in [6.45, 7) is 8.81. The predicted molar refractivity (Wildman–Crippen MR) is 132 cm³/mol. The average Bonchev–Trinajstić information content (AvgIpc) is 2.75. The Morgan fingerprint density at radius 1 is 0.914 bits per heavy atom. The first-order valence-corrected chi connectivity index (χ1v) is 11.8. The van der Waals surface area contributed by atoms with Crippen molar-refractivity contribution in [1.82, 2.24) is 16.0 Å². The quantitative estimate of drug-likeness (QED) is 0.0688. The third-order valence-corrected chi connectivity index (χ3v) is 5.48. The van der Waals surface area contributed by atoms with E-state index in [4.69, 9.17) is 17.2 Å². The van der Waals surface area contributed by atoms with E-state index in [0.29, 0.717) is 19.3 Å². The summed E-state index contributed by atoms with van der Waals surface area (Å²) >= 11 is 0. The molecular formula is C22H43N7O6. The maximum absolute atomic E-state index is 13.1. The molecule has 3 amide bonds. The van der Waals surface area contributed by atoms with Gasteiger partial charge in [0.05, 0.1) is 12.1 Å². The summed E-state index contributed by atoms with van der Waals surface area (Å²) in [4.78, 5) is 53.8. The molecule has 0 bridgehead atoms. The lowest BCUT2D eigenvalue weighted by Gasteiger charge is -2.28. The second kappa shape index (κ2) is 15.9. The van der Waals surface area contributed by atoms with E-state index in [2.05, 4.69) is 20.9 Å². The normalized spacial score (nSPS) is 16.2. The highest BCUT2D eigenvalue weighted by atomic mass is 16.4. The molecule has 0 spiro atoms. The minimum Gasteiger partial charge on any atom is -0.480 e. The van der Waals surface area contributed by atoms with E-state index in [1.807, 2.05) is 13.8 Å². The van der Waals surface area contributed by atoms with Gasteiger partial charge in [-0.3, -0.25) is 19.4 Å². The van der Waals surface area contributed by atoms with Gasteiger partial charge in [0, 0.05) is 6.54 Å². The molecule has 13 heteroatoms. The molecule has 0 aromatic carbocycles. The molecular weight excluding hydrogens is 458 g/mol. The number of nitrogens with one attached hydrogen (secondary N) is 3. The lowest BCUT2D eigenvalue weighted by atomic mass is 9.96. The highest BCUT2D eigenvalue weighted by Gasteiger charge is 2.34. The van der Waals surface area contributed by atoms with Crippen LogP contribution >= 0.6 is 0 Å². The molecule has 0 aliphatic heterocycles. The van der Waals surface area contributed by atoms with Crippen LogP contribution in [0.3, 0.4) is 0 Å². The van der Waals surface area contributed by atoms with Crippen LogP contribution in [0.4, 0.5) is 0 Å². The van der Waals surface area contributed by atoms with Gasteiger partial charge in [-0.25, -0.2) is 4.79 Å². The SMILES string of the molecule is CCC(C)C(NC(=O)C(CCCN=C(N)N)NC(=O)C(N)CC(C)C)C(=O)NC(C(=O)O)C(C)O. The maximum Gasteiger partial charge on any atom is 0.328 e. The standard InChI is InChI=1S/C22H43N7O6/c1-6-12(4)16(20(33)29-17(13(5)30)21(34)35)28-19(32)15(8-7-9-26-22(24)25)27-18(31)14(23)10-11(2)3/h11-17,30H,6-10,23H2,1-5H3,(H,27,31)(H,28,32)(H,29,33)(H,34,35)(H4,24,25,26). The Morgan fingerprint density at radius 2 is 1.49 bits per heavy atom. The number of hydrogen-bond donors (Lipinski definition) is 8. The molecule has 0 aliphatic carbocycles. The summed E-state index contributed by atoms with van der Waals surface area (Å²) in [7, 11) is 0. The monoisotopic (exact) mass is 501 g/mol. The van der Waals surface area contributed by atoms with Crippen molar-refractivity contribution in [2.75, 3.05) is 6.54 Å². The molecule has 0 saturated carbocycles. The summed E-state index contributed by atoms with van der Waals surface area (Å²) in [5.41, 5.74) is 16.6. The molecule has 0 radical (unpaired) electrons. The number of nitrogens with two attached hydrogens (primary N) is 3. The fourth-order valence-electron chi connectivity index (χ4n) is 3.25. The summed E-state index contributed by atoms with van der Waals surface area (Å²) in [5, 5.41) is 26.5. The van der Waals surface area contributed by atoms with E-state index < -0.39 is 54.0 Å². The van der Waals surface area contributed by atoms with Crippen LogP contribution in [-0.2, 0) is 19.2 Å². The van der Waals surface area contributed by atoms with Gasteiger partial charge in [-0.15, -0.1) is 0 Å². The van der Waals surface area contributed by atoms with Gasteiger partial charge in [0.2, 0.25) is 17.7 Å². The number of carbonyl (C=O) groups is 4. The average molecular weight is 502 g/mol. The maximum atomic E-state index is 13.1. The zero-order chi connectivity index (χ0) is 27.3. The number of rotatable bonds is 16. The molecule has 13 nitrogen and oxygen atoms in total. The van der Waals surface area contributed by atoms with Crippen molar-refractivity contribution in [1.29, 1.82) is 0 Å². The van der Waals surface area contributed by atoms with Gasteiger partial charge in [0.15, 0.2) is 12.0 Å². The van der Waals surface area contributed by atoms with E-state index in [0.717, 1.165) is 0 Å². The van der Waals surface area contributed by atoms with Crippen molar-refractivity contribution < 1.29 is 29.4 Å². The van der Waals surface area contributed by atoms with Crippen molar-refractivity contribution in [2.45, 2.75) is 90.6 Å². The number of aliphatic carboxylic acids is 1. The Bertz CT molecular complexity index is 740. The van der Waals surface area contributed by atoms with Gasteiger partial charge in [-0.1, -0.05) is 34.1 Å². The molecule has 0 aliphatic rings. The van der Waals surface area contributed by atoms with E-state index in [1.165, 1.54) is 6.92 Å². The van der Waals surface area contributed by atoms with Crippen LogP contribution in [0, 0.1) is 11.8 Å². The molecule has 0 aromatic rings. The molecule has 11 N–H and O–H groups in total. The van der Waals surface area contributed by atoms with E-state index >= 15 is 0 Å². The highest BCUT2D eigenvalue weighted by molar-refractivity contribution is 5.94. The molecule has 0 rings (SSSR count). The Labute approximate surface area is 206 Å². The van der Waals surface area contributed by atoms with Gasteiger partial charge in [0.1, 0.15) is 12.1 Å². The van der Waals surface area contributed by atoms with Crippen LogP contribution in [0.15, 0.2) is 4.99 Å². The lowest BCUT2D eigenvalue weighted by Crippen LogP contribution is -2.59. The molecule has 0 fully saturated rings. The first-order chi connectivity index (χ1) is 16.2. The van der Waals surface area contributed by atoms with E-state index in [1.54, 1.807) is 13.8 Å². The number of aliphatic hydroxyl groups is 1. The van der Waals surface area contributed by atoms with Crippen LogP contribution in [0.25, 0.3) is 0 Å². The van der Waals surface area contributed by atoms with E-state index in [9.17, 15) is 29.4 Å². The van der Waals surface area contributed by atoms with Gasteiger partial charge < -0.3 is 43.4 Å². The fourth-order valence-corrected chi connectivity index (χ4v) is 3.25. The van der Waals surface area contributed by atoms with Crippen molar-refractivity contribution in [3.8, 4) is 0 Å². The number of hydrogen-bond acceptors (Lipinski definition) is 7. The van der Waals surface area contributed by atoms with Crippen LogP contribution in [-0.4, -0.2) is 76.7 Å². The van der Waals surface area contributed by atoms with Crippen molar-refractivity contribution in [2.24, 2.45) is 34.0 Å². The van der Waals surface area contributed by atoms with Gasteiger partial charge in [-0.05, 0) is 38.0 Å². The number of carboxylic acid groups (broad SMARTS) is 1. The summed E-state index contributed by atoms with van der Waals surface area (Å²) in [6.07, 6.45) is 0.0880. The minimum absolute atomic E-state index is 0.103. The number of nitrogens with zero attached hydrogens (tertiary/aromatic N) is 1. The number of guanidine groups is 1. The first kappa shape index (κ1) is 32.1. The predicted octanol–water partition coefficient (Wildman–Crippen LogP) is -1.62. The van der Waals surface area contributed by atoms with E-state index in [-0.39, 0.29) is 30.8 Å². The van der Waals surface area contributed by atoms with Crippen LogP contribution < -0.4 is 33.2 Å². The number of aliphatic imine (C=N–C) groups is 1. The van der Waals surface area contributed by atoms with Crippen LogP contribution in [0.1, 0.15) is 60.3 Å². The first-order valence-electron chi connectivity index (χ1n) is 11.8. The Morgan fingerprint density at radius 3 is 1.94 bits per heavy atom. The summed E-state index contributed by atoms with van der Waals surface area (Å²) in [6, 6.07) is -4.50. The Hall–Kier alpha value is -2.93. The third kappa shape index (κ3) is 12.4. The molecule has 6 unspecified atom stereocenters. The van der Waals surface area contributed by atoms with Gasteiger partial charge in [0.25, 0.3) is 0 Å². The largest absolute Gasteiger partial charge is 0.480 e. The molecule has 6 atom stereocenters. The van der Waals surface area contributed by atoms with Gasteiger partial charge in [-0.2, -0.15) is 0 Å². The molecule has 35 heavy (non-hydrogen) atoms. The smallest absolute Gasteiger partial charge is 0.328 e. The van der Waals surface area contributed by atoms with Crippen molar-refractivity contribution in [3.05, 3.63) is 0 Å². The number of carbonyl (C=O) groups excluding carboxylic acids is 3. The fraction of sp³-hybridized carbons (Fsp3) is 0.773. The molecule has 202 valence electrons. The topological polar surface area (TPSA) is 235 Å². The van der Waals surface area contributed by atoms with Crippen molar-refractivity contribution >= 4 is 29.7 Å². The second-order valence-electron chi connectivity index (χ2n) is 9.18.